The number of hydrogen-bond donors (Lipinski definition) is 1. The van der Waals surface area contributed by atoms with Gasteiger partial charge in [0.1, 0.15) is 11.5 Å². The van der Waals surface area contributed by atoms with Crippen LogP contribution in [0.5, 0.6) is 5.75 Å². The van der Waals surface area contributed by atoms with Crippen LogP contribution in [0.15, 0.2) is 54.1 Å². The summed E-state index contributed by atoms with van der Waals surface area (Å²) < 4.78 is 5.55. The number of Topliss-reactive ketones (excluding diaryl/α,β-unsaturated/α-hetero) is 1. The first-order chi connectivity index (χ1) is 18.8. The minimum Gasteiger partial charge on any atom is -0.507 e. The van der Waals surface area contributed by atoms with Crippen LogP contribution in [0.3, 0.4) is 0 Å². The Morgan fingerprint density at radius 2 is 1.64 bits per heavy atom. The van der Waals surface area contributed by atoms with Gasteiger partial charge < -0.3 is 19.6 Å². The van der Waals surface area contributed by atoms with E-state index in [0.29, 0.717) is 30.9 Å². The van der Waals surface area contributed by atoms with Crippen LogP contribution < -0.4 is 4.74 Å². The molecule has 1 saturated heterocycles. The smallest absolute Gasteiger partial charge is 0.295 e. The molecule has 0 aliphatic carbocycles. The summed E-state index contributed by atoms with van der Waals surface area (Å²) in [6.45, 7) is 9.82. The lowest BCUT2D eigenvalue weighted by Crippen LogP contribution is -2.34. The summed E-state index contributed by atoms with van der Waals surface area (Å²) in [5.74, 6) is -1.26. The predicted molar refractivity (Wildman–Crippen MR) is 151 cm³/mol. The Kier molecular flexibility index (Phi) is 11.0. The predicted octanol–water partition coefficient (Wildman–Crippen LogP) is 5.71. The molecule has 1 N–H and O–H groups in total. The van der Waals surface area contributed by atoms with Crippen molar-refractivity contribution in [3.05, 3.63) is 75.3 Å². The first-order valence-corrected chi connectivity index (χ1v) is 13.8. The normalized spacial score (nSPS) is 16.7. The number of likely N-dealkylation sites (tertiary alicyclic amines) is 1. The van der Waals surface area contributed by atoms with Gasteiger partial charge >= 0.3 is 0 Å². The molecule has 9 heteroatoms. The average Bonchev–Trinajstić information content (AvgIpc) is 3.19. The van der Waals surface area contributed by atoms with Gasteiger partial charge in [-0.2, -0.15) is 0 Å². The molecular formula is C30H39N3O6. The molecule has 0 spiro atoms. The summed E-state index contributed by atoms with van der Waals surface area (Å²) in [6.07, 6.45) is 5.08. The van der Waals surface area contributed by atoms with Crippen molar-refractivity contribution in [2.24, 2.45) is 0 Å². The molecule has 210 valence electrons. The van der Waals surface area contributed by atoms with Gasteiger partial charge in [-0.15, -0.1) is 0 Å². The molecule has 1 fully saturated rings. The number of nitro groups is 1. The molecule has 39 heavy (non-hydrogen) atoms. The van der Waals surface area contributed by atoms with Crippen LogP contribution >= 0.6 is 0 Å². The van der Waals surface area contributed by atoms with Crippen molar-refractivity contribution in [3.63, 3.8) is 0 Å². The molecule has 2 aromatic carbocycles. The highest BCUT2D eigenvalue weighted by atomic mass is 16.6. The fourth-order valence-corrected chi connectivity index (χ4v) is 4.86. The molecule has 1 aliphatic heterocycles. The maximum absolute atomic E-state index is 13.3. The molecule has 0 radical (unpaired) electrons. The molecule has 0 saturated carbocycles. The number of nitrogens with zero attached hydrogens (tertiary/aromatic N) is 3. The number of amides is 1. The molecule has 1 atom stereocenters. The maximum Gasteiger partial charge on any atom is 0.295 e. The van der Waals surface area contributed by atoms with Crippen molar-refractivity contribution in [2.75, 3.05) is 32.8 Å². The van der Waals surface area contributed by atoms with E-state index in [1.807, 2.05) is 6.92 Å². The summed E-state index contributed by atoms with van der Waals surface area (Å²) in [5.41, 5.74) is 0.477. The van der Waals surface area contributed by atoms with Crippen molar-refractivity contribution in [3.8, 4) is 5.75 Å². The number of carbonyl (C=O) groups excluding carboxylic acids is 2. The molecule has 1 heterocycles. The molecular weight excluding hydrogens is 498 g/mol. The van der Waals surface area contributed by atoms with E-state index in [-0.39, 0.29) is 16.8 Å². The zero-order valence-electron chi connectivity index (χ0n) is 23.1. The van der Waals surface area contributed by atoms with Crippen LogP contribution in [0.25, 0.3) is 5.76 Å². The average molecular weight is 538 g/mol. The van der Waals surface area contributed by atoms with Crippen LogP contribution in [-0.2, 0) is 9.59 Å². The van der Waals surface area contributed by atoms with Gasteiger partial charge in [-0.05, 0) is 63.5 Å². The number of aliphatic hydroxyl groups excluding tert-OH is 1. The third kappa shape index (κ3) is 7.44. The van der Waals surface area contributed by atoms with E-state index in [9.17, 15) is 24.8 Å². The minimum absolute atomic E-state index is 0.0709. The van der Waals surface area contributed by atoms with Crippen LogP contribution in [0.4, 0.5) is 5.69 Å². The van der Waals surface area contributed by atoms with Crippen molar-refractivity contribution in [2.45, 2.75) is 58.9 Å². The standard InChI is InChI=1S/C30H39N3O6/c1-4-7-17-31(18-8-5-2)19-10-20-32-27(22-13-15-25(16-14-22)39-6-3)26(29(35)30(32)36)28(34)23-11-9-12-24(21-23)33(37)38/h9,11-16,21,27,34H,4-8,10,17-20H2,1-3H3/b28-26-. The Morgan fingerprint density at radius 3 is 2.23 bits per heavy atom. The van der Waals surface area contributed by atoms with E-state index in [4.69, 9.17) is 4.74 Å². The van der Waals surface area contributed by atoms with Crippen molar-refractivity contribution in [1.29, 1.82) is 0 Å². The number of carbonyl (C=O) groups is 2. The lowest BCUT2D eigenvalue weighted by Gasteiger charge is -2.27. The largest absolute Gasteiger partial charge is 0.507 e. The van der Waals surface area contributed by atoms with E-state index < -0.39 is 28.4 Å². The van der Waals surface area contributed by atoms with Gasteiger partial charge in [0.2, 0.25) is 0 Å². The van der Waals surface area contributed by atoms with Gasteiger partial charge in [-0.25, -0.2) is 0 Å². The van der Waals surface area contributed by atoms with Gasteiger partial charge in [0.05, 0.1) is 23.1 Å². The van der Waals surface area contributed by atoms with Gasteiger partial charge in [0, 0.05) is 24.2 Å². The fourth-order valence-electron chi connectivity index (χ4n) is 4.86. The van der Waals surface area contributed by atoms with Gasteiger partial charge in [0.15, 0.2) is 0 Å². The number of ketones is 1. The number of aliphatic hydroxyl groups is 1. The van der Waals surface area contributed by atoms with Gasteiger partial charge in [-0.1, -0.05) is 51.0 Å². The van der Waals surface area contributed by atoms with Crippen LogP contribution in [-0.4, -0.2) is 64.3 Å². The van der Waals surface area contributed by atoms with E-state index >= 15 is 0 Å². The maximum atomic E-state index is 13.3. The Labute approximate surface area is 230 Å². The summed E-state index contributed by atoms with van der Waals surface area (Å²) in [4.78, 5) is 41.2. The molecule has 0 bridgehead atoms. The second-order valence-corrected chi connectivity index (χ2v) is 9.70. The Morgan fingerprint density at radius 1 is 1.00 bits per heavy atom. The van der Waals surface area contributed by atoms with Gasteiger partial charge in [-0.3, -0.25) is 19.7 Å². The van der Waals surface area contributed by atoms with E-state index in [1.54, 1.807) is 24.3 Å². The number of unbranched alkanes of at least 4 members (excludes halogenated alkanes) is 2. The highest BCUT2D eigenvalue weighted by molar-refractivity contribution is 6.46. The molecule has 3 rings (SSSR count). The first-order valence-electron chi connectivity index (χ1n) is 13.8. The second kappa shape index (κ2) is 14.4. The van der Waals surface area contributed by atoms with Crippen LogP contribution in [0.2, 0.25) is 0 Å². The van der Waals surface area contributed by atoms with Crippen molar-refractivity contribution >= 4 is 23.1 Å². The fraction of sp³-hybridized carbons (Fsp3) is 0.467. The summed E-state index contributed by atoms with van der Waals surface area (Å²) >= 11 is 0. The number of non-ortho nitro benzene ring substituents is 1. The Hall–Kier alpha value is -3.72. The third-order valence-electron chi connectivity index (χ3n) is 6.91. The quantitative estimate of drug-likeness (QED) is 0.102. The summed E-state index contributed by atoms with van der Waals surface area (Å²) in [6, 6.07) is 11.7. The van der Waals surface area contributed by atoms with Crippen molar-refractivity contribution < 1.29 is 24.4 Å². The number of nitro benzene ring substituents is 1. The van der Waals surface area contributed by atoms with Crippen LogP contribution in [0, 0.1) is 10.1 Å². The molecule has 2 aromatic rings. The summed E-state index contributed by atoms with van der Waals surface area (Å²) in [5, 5.41) is 22.5. The minimum atomic E-state index is -0.820. The van der Waals surface area contributed by atoms with E-state index in [1.165, 1.54) is 29.2 Å². The SMILES string of the molecule is CCCCN(CCCC)CCCN1C(=O)C(=O)/C(=C(\O)c2cccc([N+](=O)[O-])c2)C1c1ccc(OCC)cc1. The molecule has 1 amide bonds. The zero-order chi connectivity index (χ0) is 28.4. The number of hydrogen-bond acceptors (Lipinski definition) is 7. The molecule has 1 aliphatic rings. The lowest BCUT2D eigenvalue weighted by molar-refractivity contribution is -0.384. The van der Waals surface area contributed by atoms with E-state index in [0.717, 1.165) is 45.3 Å². The molecule has 1 unspecified atom stereocenters. The lowest BCUT2D eigenvalue weighted by atomic mass is 9.95. The zero-order valence-corrected chi connectivity index (χ0v) is 23.1. The number of ether oxygens (including phenoxy) is 1. The van der Waals surface area contributed by atoms with E-state index in [2.05, 4.69) is 18.7 Å². The number of rotatable bonds is 15. The highest BCUT2D eigenvalue weighted by Crippen LogP contribution is 2.40. The molecule has 9 nitrogen and oxygen atoms in total. The van der Waals surface area contributed by atoms with Crippen LogP contribution in [0.1, 0.15) is 70.0 Å². The molecule has 0 aromatic heterocycles. The Bertz CT molecular complexity index is 1170. The summed E-state index contributed by atoms with van der Waals surface area (Å²) in [7, 11) is 0. The highest BCUT2D eigenvalue weighted by Gasteiger charge is 2.45. The third-order valence-corrected chi connectivity index (χ3v) is 6.91. The second-order valence-electron chi connectivity index (χ2n) is 9.70. The monoisotopic (exact) mass is 537 g/mol. The topological polar surface area (TPSA) is 113 Å². The van der Waals surface area contributed by atoms with Gasteiger partial charge in [0.25, 0.3) is 17.4 Å². The van der Waals surface area contributed by atoms with Crippen molar-refractivity contribution in [1.82, 2.24) is 9.80 Å². The Balaban J connectivity index is 1.96. The number of benzene rings is 2. The first kappa shape index (κ1) is 29.8.